The summed E-state index contributed by atoms with van der Waals surface area (Å²) in [6, 6.07) is 7.02. The van der Waals surface area contributed by atoms with Crippen molar-refractivity contribution < 1.29 is 14.3 Å². The molecule has 1 fully saturated rings. The van der Waals surface area contributed by atoms with Gasteiger partial charge in [-0.05, 0) is 74.6 Å². The summed E-state index contributed by atoms with van der Waals surface area (Å²) >= 11 is 0. The molecule has 0 radical (unpaired) electrons. The Morgan fingerprint density at radius 1 is 1.09 bits per heavy atom. The summed E-state index contributed by atoms with van der Waals surface area (Å²) in [5.74, 6) is -0.137. The minimum Gasteiger partial charge on any atom is -0.424 e. The number of aryl methyl sites for hydroxylation is 2. The van der Waals surface area contributed by atoms with Crippen LogP contribution in [0, 0.1) is 12.8 Å². The zero-order chi connectivity index (χ0) is 22.7. The molecule has 0 atom stereocenters. The van der Waals surface area contributed by atoms with Crippen LogP contribution < -0.4 is 15.6 Å². The molecule has 0 aliphatic heterocycles. The Bertz CT molecular complexity index is 1080. The van der Waals surface area contributed by atoms with E-state index in [1.54, 1.807) is 18.2 Å². The Morgan fingerprint density at radius 2 is 1.84 bits per heavy atom. The average molecular weight is 437 g/mol. The Kier molecular flexibility index (Phi) is 6.77. The fourth-order valence-electron chi connectivity index (χ4n) is 5.09. The van der Waals surface area contributed by atoms with Gasteiger partial charge in [0.2, 0.25) is 0 Å². The van der Waals surface area contributed by atoms with E-state index >= 15 is 0 Å². The Balaban J connectivity index is 1.69. The largest absolute Gasteiger partial charge is 0.424 e. The molecular formula is C26H32N2O4. The maximum absolute atomic E-state index is 13.5. The summed E-state index contributed by atoms with van der Waals surface area (Å²) in [5.41, 5.74) is 3.36. The molecule has 2 aliphatic rings. The second-order valence-corrected chi connectivity index (χ2v) is 9.15. The van der Waals surface area contributed by atoms with Crippen LogP contribution in [0.4, 0.5) is 5.69 Å². The highest BCUT2D eigenvalue weighted by molar-refractivity contribution is 6.05. The zero-order valence-electron chi connectivity index (χ0n) is 19.0. The first kappa shape index (κ1) is 22.3. The van der Waals surface area contributed by atoms with Crippen LogP contribution >= 0.6 is 0 Å². The molecule has 1 N–H and O–H groups in total. The third-order valence-electron chi connectivity index (χ3n) is 6.74. The van der Waals surface area contributed by atoms with Gasteiger partial charge in [-0.3, -0.25) is 14.4 Å². The predicted octanol–water partition coefficient (Wildman–Crippen LogP) is 4.79. The first-order valence-electron chi connectivity index (χ1n) is 11.8. The molecule has 1 aromatic heterocycles. The van der Waals surface area contributed by atoms with Crippen LogP contribution in [-0.4, -0.2) is 16.4 Å². The van der Waals surface area contributed by atoms with Gasteiger partial charge >= 0.3 is 5.97 Å². The molecule has 4 rings (SSSR count). The number of nitrogens with zero attached hydrogens (tertiary/aromatic N) is 1. The summed E-state index contributed by atoms with van der Waals surface area (Å²) in [4.78, 5) is 38.3. The normalized spacial score (nSPS) is 16.3. The Hall–Kier alpha value is -2.89. The number of para-hydroxylation sites is 1. The van der Waals surface area contributed by atoms with Gasteiger partial charge in [0.25, 0.3) is 11.5 Å². The monoisotopic (exact) mass is 436 g/mol. The van der Waals surface area contributed by atoms with E-state index in [0.717, 1.165) is 55.3 Å². The highest BCUT2D eigenvalue weighted by atomic mass is 16.5. The van der Waals surface area contributed by atoms with Crippen molar-refractivity contribution in [3.05, 3.63) is 57.0 Å². The number of carbonyl (C=O) groups is 2. The second kappa shape index (κ2) is 9.72. The van der Waals surface area contributed by atoms with E-state index < -0.39 is 11.9 Å². The predicted molar refractivity (Wildman–Crippen MR) is 124 cm³/mol. The maximum Gasteiger partial charge on any atom is 0.308 e. The van der Waals surface area contributed by atoms with Crippen LogP contribution in [0.3, 0.4) is 0 Å². The van der Waals surface area contributed by atoms with Crippen molar-refractivity contribution in [2.75, 3.05) is 5.32 Å². The molecule has 0 saturated heterocycles. The number of fused-ring (bicyclic) bond motifs is 1. The van der Waals surface area contributed by atoms with E-state index in [1.165, 1.54) is 26.2 Å². The van der Waals surface area contributed by atoms with Gasteiger partial charge in [-0.15, -0.1) is 0 Å². The van der Waals surface area contributed by atoms with E-state index in [1.807, 2.05) is 17.6 Å². The zero-order valence-corrected chi connectivity index (χ0v) is 19.0. The standard InChI is InChI=1S/C26H32N2O4/c1-17-9-8-14-23(32-18(2)29)24(17)27-25(30)21-15-20-12-6-7-13-22(20)28(26(21)31)16-19-10-4-3-5-11-19/h8-9,14-15,19H,3-7,10-13,16H2,1-2H3,(H,27,30). The second-order valence-electron chi connectivity index (χ2n) is 9.15. The number of hydrogen-bond acceptors (Lipinski definition) is 4. The molecule has 2 aliphatic carbocycles. The third-order valence-corrected chi connectivity index (χ3v) is 6.74. The highest BCUT2D eigenvalue weighted by Gasteiger charge is 2.24. The number of pyridine rings is 1. The van der Waals surface area contributed by atoms with Crippen molar-refractivity contribution in [2.24, 2.45) is 5.92 Å². The number of esters is 1. The van der Waals surface area contributed by atoms with Gasteiger partial charge in [-0.1, -0.05) is 31.4 Å². The SMILES string of the molecule is CC(=O)Oc1cccc(C)c1NC(=O)c1cc2c(n(CC3CCCCC3)c1=O)CCCC2. The number of ether oxygens (including phenoxy) is 1. The van der Waals surface area contributed by atoms with E-state index in [9.17, 15) is 14.4 Å². The molecule has 1 aromatic carbocycles. The Morgan fingerprint density at radius 3 is 2.59 bits per heavy atom. The first-order chi connectivity index (χ1) is 15.4. The Labute approximate surface area is 189 Å². The highest BCUT2D eigenvalue weighted by Crippen LogP contribution is 2.30. The van der Waals surface area contributed by atoms with E-state index in [0.29, 0.717) is 18.2 Å². The van der Waals surface area contributed by atoms with Crippen molar-refractivity contribution in [1.29, 1.82) is 0 Å². The van der Waals surface area contributed by atoms with Crippen LogP contribution in [0.2, 0.25) is 0 Å². The van der Waals surface area contributed by atoms with Crippen LogP contribution in [0.25, 0.3) is 0 Å². The average Bonchev–Trinajstić information content (AvgIpc) is 2.78. The lowest BCUT2D eigenvalue weighted by Crippen LogP contribution is -2.35. The molecule has 2 aromatic rings. The van der Waals surface area contributed by atoms with Crippen molar-refractivity contribution in [3.63, 3.8) is 0 Å². The van der Waals surface area contributed by atoms with Crippen LogP contribution in [0.5, 0.6) is 5.75 Å². The van der Waals surface area contributed by atoms with E-state index in [2.05, 4.69) is 5.32 Å². The summed E-state index contributed by atoms with van der Waals surface area (Å²) in [5, 5.41) is 2.85. The fourth-order valence-corrected chi connectivity index (χ4v) is 5.09. The molecule has 0 spiro atoms. The van der Waals surface area contributed by atoms with E-state index in [-0.39, 0.29) is 16.9 Å². The van der Waals surface area contributed by atoms with Gasteiger partial charge in [0.1, 0.15) is 5.56 Å². The molecule has 0 unspecified atom stereocenters. The van der Waals surface area contributed by atoms with Crippen LogP contribution in [-0.2, 0) is 24.2 Å². The molecule has 0 bridgehead atoms. The number of amides is 1. The lowest BCUT2D eigenvalue weighted by molar-refractivity contribution is -0.131. The summed E-state index contributed by atoms with van der Waals surface area (Å²) < 4.78 is 7.16. The van der Waals surface area contributed by atoms with Crippen LogP contribution in [0.15, 0.2) is 29.1 Å². The quantitative estimate of drug-likeness (QED) is 0.540. The van der Waals surface area contributed by atoms with Gasteiger partial charge in [0.15, 0.2) is 5.75 Å². The minimum absolute atomic E-state index is 0.165. The first-order valence-corrected chi connectivity index (χ1v) is 11.8. The molecule has 1 amide bonds. The van der Waals surface area contributed by atoms with Crippen molar-refractivity contribution in [2.45, 2.75) is 78.2 Å². The molecular weight excluding hydrogens is 404 g/mol. The smallest absolute Gasteiger partial charge is 0.308 e. The third kappa shape index (κ3) is 4.79. The van der Waals surface area contributed by atoms with Crippen LogP contribution in [0.1, 0.15) is 79.0 Å². The van der Waals surface area contributed by atoms with Gasteiger partial charge < -0.3 is 14.6 Å². The lowest BCUT2D eigenvalue weighted by Gasteiger charge is -2.27. The summed E-state index contributed by atoms with van der Waals surface area (Å²) in [6.07, 6.45) is 9.94. The molecule has 1 saturated carbocycles. The van der Waals surface area contributed by atoms with Gasteiger partial charge in [-0.2, -0.15) is 0 Å². The molecule has 6 nitrogen and oxygen atoms in total. The topological polar surface area (TPSA) is 77.4 Å². The number of nitrogens with one attached hydrogen (secondary N) is 1. The fraction of sp³-hybridized carbons (Fsp3) is 0.500. The lowest BCUT2D eigenvalue weighted by atomic mass is 9.88. The van der Waals surface area contributed by atoms with Crippen molar-refractivity contribution >= 4 is 17.6 Å². The number of benzene rings is 1. The molecule has 32 heavy (non-hydrogen) atoms. The number of anilines is 1. The number of hydrogen-bond donors (Lipinski definition) is 1. The van der Waals surface area contributed by atoms with Crippen molar-refractivity contribution in [1.82, 2.24) is 4.57 Å². The molecule has 1 heterocycles. The number of aromatic nitrogens is 1. The molecule has 170 valence electrons. The van der Waals surface area contributed by atoms with Gasteiger partial charge in [0, 0.05) is 19.2 Å². The minimum atomic E-state index is -0.463. The maximum atomic E-state index is 13.5. The van der Waals surface area contributed by atoms with Gasteiger partial charge in [-0.25, -0.2) is 0 Å². The van der Waals surface area contributed by atoms with E-state index in [4.69, 9.17) is 4.74 Å². The summed E-state index contributed by atoms with van der Waals surface area (Å²) in [7, 11) is 0. The van der Waals surface area contributed by atoms with Gasteiger partial charge in [0.05, 0.1) is 5.69 Å². The van der Waals surface area contributed by atoms with Crippen molar-refractivity contribution in [3.8, 4) is 5.75 Å². The summed E-state index contributed by atoms with van der Waals surface area (Å²) in [6.45, 7) is 3.85. The number of carbonyl (C=O) groups excluding carboxylic acids is 2. The molecule has 6 heteroatoms. The number of rotatable bonds is 5.